The van der Waals surface area contributed by atoms with Crippen LogP contribution in [-0.2, 0) is 6.54 Å². The van der Waals surface area contributed by atoms with Crippen molar-refractivity contribution in [2.24, 2.45) is 0 Å². The Bertz CT molecular complexity index is 597. The number of aryl methyl sites for hydroxylation is 1. The van der Waals surface area contributed by atoms with Crippen molar-refractivity contribution in [2.75, 3.05) is 13.3 Å². The molecule has 0 radical (unpaired) electrons. The van der Waals surface area contributed by atoms with Gasteiger partial charge in [-0.1, -0.05) is 6.07 Å². The van der Waals surface area contributed by atoms with Gasteiger partial charge in [0.05, 0.1) is 6.10 Å². The molecule has 0 amide bonds. The van der Waals surface area contributed by atoms with Crippen LogP contribution in [0.5, 0.6) is 11.5 Å². The molecule has 0 bridgehead atoms. The molecule has 0 saturated carbocycles. The maximum absolute atomic E-state index is 10.2. The van der Waals surface area contributed by atoms with Crippen LogP contribution in [0.4, 0.5) is 0 Å². The Morgan fingerprint density at radius 2 is 2.15 bits per heavy atom. The minimum absolute atomic E-state index is 0.255. The summed E-state index contributed by atoms with van der Waals surface area (Å²) in [5.41, 5.74) is 3.41. The number of benzene rings is 1. The smallest absolute Gasteiger partial charge is 0.231 e. The lowest BCUT2D eigenvalue weighted by atomic mass is 10.1. The highest BCUT2D eigenvalue weighted by Gasteiger charge is 2.16. The van der Waals surface area contributed by atoms with Gasteiger partial charge in [0.1, 0.15) is 0 Å². The SMILES string of the molecule is Cc1cscc1CNCC(O)c1ccc2c(c1)OCO2. The average Bonchev–Trinajstić information content (AvgIpc) is 3.07. The molecule has 1 unspecified atom stereocenters. The first kappa shape index (κ1) is 13.4. The molecule has 3 rings (SSSR count). The number of ether oxygens (including phenoxy) is 2. The van der Waals surface area contributed by atoms with Crippen molar-refractivity contribution in [1.82, 2.24) is 5.32 Å². The second-order valence-corrected chi connectivity index (χ2v) is 5.58. The highest BCUT2D eigenvalue weighted by atomic mass is 32.1. The van der Waals surface area contributed by atoms with E-state index < -0.39 is 6.10 Å². The van der Waals surface area contributed by atoms with Gasteiger partial charge in [-0.15, -0.1) is 0 Å². The van der Waals surface area contributed by atoms with Crippen molar-refractivity contribution >= 4 is 11.3 Å². The zero-order chi connectivity index (χ0) is 13.9. The van der Waals surface area contributed by atoms with Gasteiger partial charge in [-0.3, -0.25) is 0 Å². The third kappa shape index (κ3) is 2.80. The van der Waals surface area contributed by atoms with Crippen LogP contribution in [0.2, 0.25) is 0 Å². The maximum atomic E-state index is 10.2. The van der Waals surface area contributed by atoms with Gasteiger partial charge >= 0.3 is 0 Å². The molecule has 0 aliphatic carbocycles. The maximum Gasteiger partial charge on any atom is 0.231 e. The summed E-state index contributed by atoms with van der Waals surface area (Å²) < 4.78 is 10.6. The number of fused-ring (bicyclic) bond motifs is 1. The van der Waals surface area contributed by atoms with Crippen LogP contribution in [0, 0.1) is 6.92 Å². The van der Waals surface area contributed by atoms with E-state index in [1.165, 1.54) is 11.1 Å². The zero-order valence-corrected chi connectivity index (χ0v) is 12.1. The summed E-state index contributed by atoms with van der Waals surface area (Å²) in [7, 11) is 0. The summed E-state index contributed by atoms with van der Waals surface area (Å²) in [5.74, 6) is 1.44. The first-order valence-electron chi connectivity index (χ1n) is 6.54. The zero-order valence-electron chi connectivity index (χ0n) is 11.3. The molecule has 1 aromatic heterocycles. The average molecular weight is 291 g/mol. The van der Waals surface area contributed by atoms with Gasteiger partial charge in [0.25, 0.3) is 0 Å². The highest BCUT2D eigenvalue weighted by molar-refractivity contribution is 7.08. The monoisotopic (exact) mass is 291 g/mol. The molecule has 1 aromatic carbocycles. The van der Waals surface area contributed by atoms with E-state index in [-0.39, 0.29) is 6.79 Å². The van der Waals surface area contributed by atoms with Gasteiger partial charge in [0, 0.05) is 13.1 Å². The summed E-state index contributed by atoms with van der Waals surface area (Å²) in [6.45, 7) is 3.64. The van der Waals surface area contributed by atoms with Gasteiger partial charge in [-0.2, -0.15) is 11.3 Å². The fourth-order valence-electron chi connectivity index (χ4n) is 2.15. The lowest BCUT2D eigenvalue weighted by molar-refractivity contribution is 0.170. The normalized spacial score (nSPS) is 14.5. The molecule has 2 N–H and O–H groups in total. The van der Waals surface area contributed by atoms with E-state index >= 15 is 0 Å². The quantitative estimate of drug-likeness (QED) is 0.889. The summed E-state index contributed by atoms with van der Waals surface area (Å²) >= 11 is 1.70. The fourth-order valence-corrected chi connectivity index (χ4v) is 3.01. The van der Waals surface area contributed by atoms with E-state index in [2.05, 4.69) is 23.0 Å². The minimum Gasteiger partial charge on any atom is -0.454 e. The third-order valence-corrected chi connectivity index (χ3v) is 4.31. The molecule has 0 spiro atoms. The molecule has 0 saturated heterocycles. The molecule has 2 heterocycles. The van der Waals surface area contributed by atoms with Crippen LogP contribution >= 0.6 is 11.3 Å². The number of hydrogen-bond donors (Lipinski definition) is 2. The number of hydrogen-bond acceptors (Lipinski definition) is 5. The fraction of sp³-hybridized carbons (Fsp3) is 0.333. The van der Waals surface area contributed by atoms with Gasteiger partial charge in [0.15, 0.2) is 11.5 Å². The van der Waals surface area contributed by atoms with E-state index in [0.29, 0.717) is 12.3 Å². The van der Waals surface area contributed by atoms with E-state index in [0.717, 1.165) is 17.9 Å². The van der Waals surface area contributed by atoms with Crippen LogP contribution in [0.3, 0.4) is 0 Å². The van der Waals surface area contributed by atoms with Crippen LogP contribution < -0.4 is 14.8 Å². The molecule has 20 heavy (non-hydrogen) atoms. The summed E-state index contributed by atoms with van der Waals surface area (Å²) in [6.07, 6.45) is -0.552. The van der Waals surface area contributed by atoms with Crippen molar-refractivity contribution < 1.29 is 14.6 Å². The summed E-state index contributed by atoms with van der Waals surface area (Å²) in [5, 5.41) is 17.7. The predicted octanol–water partition coefficient (Wildman–Crippen LogP) is 2.61. The Hall–Kier alpha value is -1.56. The van der Waals surface area contributed by atoms with Crippen molar-refractivity contribution in [3.63, 3.8) is 0 Å². The molecule has 4 nitrogen and oxygen atoms in total. The number of nitrogens with one attached hydrogen (secondary N) is 1. The largest absolute Gasteiger partial charge is 0.454 e. The molecule has 2 aromatic rings. The number of aliphatic hydroxyl groups is 1. The second-order valence-electron chi connectivity index (χ2n) is 4.84. The number of rotatable bonds is 5. The molecule has 1 atom stereocenters. The summed E-state index contributed by atoms with van der Waals surface area (Å²) in [6, 6.07) is 5.55. The highest BCUT2D eigenvalue weighted by Crippen LogP contribution is 2.34. The molecular weight excluding hydrogens is 274 g/mol. The number of aliphatic hydroxyl groups excluding tert-OH is 1. The van der Waals surface area contributed by atoms with E-state index in [4.69, 9.17) is 9.47 Å². The Labute approximate surface area is 122 Å². The Kier molecular flexibility index (Phi) is 3.91. The molecule has 1 aliphatic rings. The number of thiophene rings is 1. The van der Waals surface area contributed by atoms with Gasteiger partial charge < -0.3 is 19.9 Å². The molecular formula is C15H17NO3S. The Morgan fingerprint density at radius 1 is 1.30 bits per heavy atom. The van der Waals surface area contributed by atoms with Crippen LogP contribution in [-0.4, -0.2) is 18.4 Å². The third-order valence-electron chi connectivity index (χ3n) is 3.40. The predicted molar refractivity (Wildman–Crippen MR) is 78.3 cm³/mol. The van der Waals surface area contributed by atoms with Crippen molar-refractivity contribution in [3.8, 4) is 11.5 Å². The summed E-state index contributed by atoms with van der Waals surface area (Å²) in [4.78, 5) is 0. The first-order valence-corrected chi connectivity index (χ1v) is 7.48. The molecule has 1 aliphatic heterocycles. The molecule has 5 heteroatoms. The molecule has 106 valence electrons. The van der Waals surface area contributed by atoms with E-state index in [9.17, 15) is 5.11 Å². The lowest BCUT2D eigenvalue weighted by Gasteiger charge is -2.12. The standard InChI is InChI=1S/C15H17NO3S/c1-10-7-20-8-12(10)5-16-6-13(17)11-2-3-14-15(4-11)19-9-18-14/h2-4,7-8,13,16-17H,5-6,9H2,1H3. The minimum atomic E-state index is -0.552. The first-order chi connectivity index (χ1) is 9.74. The van der Waals surface area contributed by atoms with Crippen molar-refractivity contribution in [3.05, 3.63) is 45.6 Å². The topological polar surface area (TPSA) is 50.7 Å². The van der Waals surface area contributed by atoms with E-state index in [1.807, 2.05) is 18.2 Å². The van der Waals surface area contributed by atoms with Gasteiger partial charge in [0.2, 0.25) is 6.79 Å². The van der Waals surface area contributed by atoms with Crippen molar-refractivity contribution in [1.29, 1.82) is 0 Å². The van der Waals surface area contributed by atoms with Crippen LogP contribution in [0.15, 0.2) is 29.0 Å². The Balaban J connectivity index is 1.56. The van der Waals surface area contributed by atoms with E-state index in [1.54, 1.807) is 11.3 Å². The van der Waals surface area contributed by atoms with Crippen molar-refractivity contribution in [2.45, 2.75) is 19.6 Å². The molecule has 0 fully saturated rings. The van der Waals surface area contributed by atoms with Gasteiger partial charge in [-0.05, 0) is 46.5 Å². The van der Waals surface area contributed by atoms with Gasteiger partial charge in [-0.25, -0.2) is 0 Å². The lowest BCUT2D eigenvalue weighted by Crippen LogP contribution is -2.21. The Morgan fingerprint density at radius 3 is 2.95 bits per heavy atom. The van der Waals surface area contributed by atoms with Crippen LogP contribution in [0.1, 0.15) is 22.8 Å². The van der Waals surface area contributed by atoms with Crippen LogP contribution in [0.25, 0.3) is 0 Å². The second kappa shape index (κ2) is 5.83.